The predicted octanol–water partition coefficient (Wildman–Crippen LogP) is 7.59. The summed E-state index contributed by atoms with van der Waals surface area (Å²) in [5.41, 5.74) is 6.85. The van der Waals surface area contributed by atoms with E-state index in [2.05, 4.69) is 71.4 Å². The predicted molar refractivity (Wildman–Crippen MR) is 164 cm³/mol. The molecule has 0 fully saturated rings. The zero-order valence-electron chi connectivity index (χ0n) is 23.4. The van der Waals surface area contributed by atoms with E-state index in [0.29, 0.717) is 26.4 Å². The van der Waals surface area contributed by atoms with Crippen molar-refractivity contribution in [2.24, 2.45) is 0 Å². The quantitative estimate of drug-likeness (QED) is 0.0869. The number of aryl methyl sites for hydroxylation is 2. The summed E-state index contributed by atoms with van der Waals surface area (Å²) in [4.78, 5) is 11.8. The second-order valence-corrected chi connectivity index (χ2v) is 9.75. The van der Waals surface area contributed by atoms with Gasteiger partial charge in [0.15, 0.2) is 0 Å². The lowest BCUT2D eigenvalue weighted by molar-refractivity contribution is -0.137. The Bertz CT molecular complexity index is 1570. The average Bonchev–Trinajstić information content (AvgIpc) is 3.38. The topological polar surface area (TPSA) is 49.7 Å². The van der Waals surface area contributed by atoms with Gasteiger partial charge in [0.1, 0.15) is 12.4 Å². The minimum Gasteiger partial charge on any atom is -0.491 e. The van der Waals surface area contributed by atoms with E-state index in [4.69, 9.17) is 14.2 Å². The van der Waals surface area contributed by atoms with Gasteiger partial charge in [0.2, 0.25) is 0 Å². The molecule has 0 spiro atoms. The first kappa shape index (κ1) is 27.9. The molecular formula is C36H35NO4. The van der Waals surface area contributed by atoms with Crippen LogP contribution in [0.1, 0.15) is 29.2 Å². The first-order valence-electron chi connectivity index (χ1n) is 14.1. The Labute approximate surface area is 241 Å². The van der Waals surface area contributed by atoms with Crippen LogP contribution in [0.15, 0.2) is 115 Å². The van der Waals surface area contributed by atoms with Gasteiger partial charge in [-0.25, -0.2) is 4.79 Å². The maximum atomic E-state index is 11.8. The highest BCUT2D eigenvalue weighted by atomic mass is 16.5. The third-order valence-corrected chi connectivity index (χ3v) is 6.86. The summed E-state index contributed by atoms with van der Waals surface area (Å²) in [6.07, 6.45) is 7.37. The summed E-state index contributed by atoms with van der Waals surface area (Å²) in [5.74, 6) is 0.476. The van der Waals surface area contributed by atoms with Crippen molar-refractivity contribution in [3.63, 3.8) is 0 Å². The summed E-state index contributed by atoms with van der Waals surface area (Å²) in [6, 6.07) is 35.1. The molecule has 0 radical (unpaired) electrons. The van der Waals surface area contributed by atoms with E-state index in [1.54, 1.807) is 6.92 Å². The van der Waals surface area contributed by atoms with Gasteiger partial charge in [-0.2, -0.15) is 0 Å². The molecule has 0 saturated heterocycles. The minimum atomic E-state index is -0.334. The fraction of sp³-hybridized carbons (Fsp3) is 0.194. The SMILES string of the molecule is CCOC(=O)C=Cc1ccc2c(c1)c(CCc1ccccc1)cn2-c1ccc(OCCOCc2ccccc2)cc1. The minimum absolute atomic E-state index is 0.334. The summed E-state index contributed by atoms with van der Waals surface area (Å²) in [7, 11) is 0. The van der Waals surface area contributed by atoms with Crippen LogP contribution in [0.3, 0.4) is 0 Å². The van der Waals surface area contributed by atoms with Crippen LogP contribution >= 0.6 is 0 Å². The van der Waals surface area contributed by atoms with E-state index in [0.717, 1.165) is 40.9 Å². The number of hydrogen-bond donors (Lipinski definition) is 0. The highest BCUT2D eigenvalue weighted by molar-refractivity contribution is 5.91. The van der Waals surface area contributed by atoms with Crippen LogP contribution in [-0.4, -0.2) is 30.4 Å². The van der Waals surface area contributed by atoms with E-state index in [1.165, 1.54) is 22.6 Å². The molecule has 1 heterocycles. The number of carbonyl (C=O) groups excluding carboxylic acids is 1. The lowest BCUT2D eigenvalue weighted by Gasteiger charge is -2.10. The first-order chi connectivity index (χ1) is 20.2. The molecule has 0 bridgehead atoms. The smallest absolute Gasteiger partial charge is 0.330 e. The number of carbonyl (C=O) groups is 1. The zero-order valence-corrected chi connectivity index (χ0v) is 23.4. The van der Waals surface area contributed by atoms with Crippen molar-refractivity contribution in [2.45, 2.75) is 26.4 Å². The molecule has 0 atom stereocenters. The molecule has 5 rings (SSSR count). The van der Waals surface area contributed by atoms with Crippen molar-refractivity contribution in [2.75, 3.05) is 19.8 Å². The third-order valence-electron chi connectivity index (χ3n) is 6.86. The number of rotatable bonds is 13. The van der Waals surface area contributed by atoms with Gasteiger partial charge < -0.3 is 18.8 Å². The number of esters is 1. The Kier molecular flexibility index (Phi) is 9.64. The van der Waals surface area contributed by atoms with Crippen LogP contribution in [0.5, 0.6) is 5.75 Å². The van der Waals surface area contributed by atoms with Gasteiger partial charge in [-0.15, -0.1) is 0 Å². The monoisotopic (exact) mass is 545 g/mol. The standard InChI is InChI=1S/C36H35NO4/c1-2-40-36(38)22-15-29-14-21-35-34(25-29)31(16-13-28-9-5-3-6-10-28)26-37(35)32-17-19-33(20-18-32)41-24-23-39-27-30-11-7-4-8-12-30/h3-12,14-15,17-22,25-26H,2,13,16,23-24,27H2,1H3. The van der Waals surface area contributed by atoms with Gasteiger partial charge in [0.05, 0.1) is 25.3 Å². The van der Waals surface area contributed by atoms with Crippen molar-refractivity contribution in [1.82, 2.24) is 4.57 Å². The van der Waals surface area contributed by atoms with E-state index >= 15 is 0 Å². The fourth-order valence-corrected chi connectivity index (χ4v) is 4.80. The largest absolute Gasteiger partial charge is 0.491 e. The van der Waals surface area contributed by atoms with Crippen LogP contribution in [0, 0.1) is 0 Å². The Balaban J connectivity index is 1.30. The molecule has 0 amide bonds. The second-order valence-electron chi connectivity index (χ2n) is 9.75. The van der Waals surface area contributed by atoms with Crippen molar-refractivity contribution >= 4 is 22.9 Å². The highest BCUT2D eigenvalue weighted by Crippen LogP contribution is 2.29. The molecule has 208 valence electrons. The molecule has 5 aromatic rings. The van der Waals surface area contributed by atoms with Gasteiger partial charge in [0.25, 0.3) is 0 Å². The summed E-state index contributed by atoms with van der Waals surface area (Å²) < 4.78 is 18.9. The molecule has 0 aliphatic heterocycles. The molecule has 0 unspecified atom stereocenters. The highest BCUT2D eigenvalue weighted by Gasteiger charge is 2.11. The van der Waals surface area contributed by atoms with Crippen LogP contribution < -0.4 is 4.74 Å². The van der Waals surface area contributed by atoms with Gasteiger partial charge >= 0.3 is 5.97 Å². The second kappa shape index (κ2) is 14.1. The molecule has 0 saturated carbocycles. The van der Waals surface area contributed by atoms with Gasteiger partial charge in [-0.3, -0.25) is 0 Å². The Hall–Kier alpha value is -4.61. The molecule has 41 heavy (non-hydrogen) atoms. The Morgan fingerprint density at radius 3 is 2.27 bits per heavy atom. The van der Waals surface area contributed by atoms with Gasteiger partial charge in [0, 0.05) is 23.3 Å². The first-order valence-corrected chi connectivity index (χ1v) is 14.1. The lowest BCUT2D eigenvalue weighted by atomic mass is 10.0. The van der Waals surface area contributed by atoms with E-state index < -0.39 is 0 Å². The van der Waals surface area contributed by atoms with Crippen LogP contribution in [0.2, 0.25) is 0 Å². The summed E-state index contributed by atoms with van der Waals surface area (Å²) in [5, 5.41) is 1.17. The summed E-state index contributed by atoms with van der Waals surface area (Å²) >= 11 is 0. The van der Waals surface area contributed by atoms with Gasteiger partial charge in [-0.1, -0.05) is 66.7 Å². The average molecular weight is 546 g/mol. The third kappa shape index (κ3) is 7.74. The van der Waals surface area contributed by atoms with E-state index in [9.17, 15) is 4.79 Å². The molecule has 5 nitrogen and oxygen atoms in total. The fourth-order valence-electron chi connectivity index (χ4n) is 4.80. The zero-order chi connectivity index (χ0) is 28.3. The molecule has 4 aromatic carbocycles. The number of fused-ring (bicyclic) bond motifs is 1. The number of nitrogens with zero attached hydrogens (tertiary/aromatic N) is 1. The Morgan fingerprint density at radius 1 is 0.805 bits per heavy atom. The number of benzene rings is 4. The maximum Gasteiger partial charge on any atom is 0.330 e. The Morgan fingerprint density at radius 2 is 1.54 bits per heavy atom. The van der Waals surface area contributed by atoms with Gasteiger partial charge in [-0.05, 0) is 84.5 Å². The number of aromatic nitrogens is 1. The molecule has 0 aliphatic carbocycles. The molecule has 0 aliphatic rings. The van der Waals surface area contributed by atoms with Crippen LogP contribution in [-0.2, 0) is 33.7 Å². The molecule has 1 aromatic heterocycles. The summed E-state index contributed by atoms with van der Waals surface area (Å²) in [6.45, 7) is 3.76. The van der Waals surface area contributed by atoms with Crippen molar-refractivity contribution in [1.29, 1.82) is 0 Å². The van der Waals surface area contributed by atoms with Crippen LogP contribution in [0.25, 0.3) is 22.7 Å². The number of ether oxygens (including phenoxy) is 3. The van der Waals surface area contributed by atoms with Crippen molar-refractivity contribution < 1.29 is 19.0 Å². The number of hydrogen-bond acceptors (Lipinski definition) is 4. The molecular weight excluding hydrogens is 510 g/mol. The maximum absolute atomic E-state index is 11.8. The van der Waals surface area contributed by atoms with E-state index in [-0.39, 0.29) is 5.97 Å². The van der Waals surface area contributed by atoms with Crippen LogP contribution in [0.4, 0.5) is 0 Å². The molecule has 5 heteroatoms. The molecule has 0 N–H and O–H groups in total. The lowest BCUT2D eigenvalue weighted by Crippen LogP contribution is -2.06. The van der Waals surface area contributed by atoms with E-state index in [1.807, 2.05) is 48.5 Å². The van der Waals surface area contributed by atoms with Crippen molar-refractivity contribution in [3.8, 4) is 11.4 Å². The van der Waals surface area contributed by atoms with Crippen molar-refractivity contribution in [3.05, 3.63) is 138 Å². The normalized spacial score (nSPS) is 11.2.